The second-order valence-electron chi connectivity index (χ2n) is 7.04. The summed E-state index contributed by atoms with van der Waals surface area (Å²) >= 11 is 0. The molecule has 5 nitrogen and oxygen atoms in total. The Morgan fingerprint density at radius 2 is 1.37 bits per heavy atom. The number of para-hydroxylation sites is 2. The van der Waals surface area contributed by atoms with E-state index in [0.29, 0.717) is 16.7 Å². The summed E-state index contributed by atoms with van der Waals surface area (Å²) < 4.78 is 5.42. The van der Waals surface area contributed by atoms with E-state index in [1.807, 2.05) is 86.5 Å². The Kier molecular flexibility index (Phi) is 6.28. The van der Waals surface area contributed by atoms with Gasteiger partial charge >= 0.3 is 5.97 Å². The van der Waals surface area contributed by atoms with E-state index >= 15 is 0 Å². The van der Waals surface area contributed by atoms with Gasteiger partial charge in [0.25, 0.3) is 0 Å². The molecule has 2 aromatic carbocycles. The van der Waals surface area contributed by atoms with Crippen LogP contribution >= 0.6 is 0 Å². The number of carbonyl (C=O) groups is 1. The van der Waals surface area contributed by atoms with Crippen LogP contribution in [0.3, 0.4) is 0 Å². The molecule has 0 amide bonds. The Morgan fingerprint density at radius 3 is 1.74 bits per heavy atom. The van der Waals surface area contributed by atoms with Crippen LogP contribution in [0.4, 0.5) is 11.4 Å². The summed E-state index contributed by atoms with van der Waals surface area (Å²) in [6.45, 7) is 4.99. The summed E-state index contributed by atoms with van der Waals surface area (Å²) in [7, 11) is 7.65. The van der Waals surface area contributed by atoms with Gasteiger partial charge in [0.15, 0.2) is 5.60 Å². The zero-order chi connectivity index (χ0) is 20.2. The molecule has 144 valence electrons. The highest BCUT2D eigenvalue weighted by Gasteiger charge is 2.38. The first-order valence-corrected chi connectivity index (χ1v) is 8.77. The standard InChI is InChI=1S/C22H28N2O3/c1-16(2)21(25)27-15-22(26,17-11-7-9-13-19(17)23(3)4)18-12-8-10-14-20(18)24(5)6/h7-14,26H,1,15H2,2-6H3. The number of nitrogens with zero attached hydrogens (tertiary/aromatic N) is 2. The van der Waals surface area contributed by atoms with Gasteiger partial charge in [0.2, 0.25) is 0 Å². The molecule has 0 spiro atoms. The largest absolute Gasteiger partial charge is 0.459 e. The summed E-state index contributed by atoms with van der Waals surface area (Å²) in [4.78, 5) is 15.9. The van der Waals surface area contributed by atoms with E-state index in [0.717, 1.165) is 11.4 Å². The SMILES string of the molecule is C=C(C)C(=O)OCC(O)(c1ccccc1N(C)C)c1ccccc1N(C)C. The number of hydrogen-bond donors (Lipinski definition) is 1. The van der Waals surface area contributed by atoms with Gasteiger partial charge in [0, 0.05) is 56.3 Å². The number of esters is 1. The van der Waals surface area contributed by atoms with Gasteiger partial charge in [-0.15, -0.1) is 0 Å². The molecule has 2 rings (SSSR count). The summed E-state index contributed by atoms with van der Waals surface area (Å²) in [5, 5.41) is 11.9. The number of carbonyl (C=O) groups excluding carboxylic acids is 1. The van der Waals surface area contributed by atoms with Crippen molar-refractivity contribution in [3.05, 3.63) is 71.8 Å². The number of hydrogen-bond acceptors (Lipinski definition) is 5. The first-order valence-electron chi connectivity index (χ1n) is 8.77. The summed E-state index contributed by atoms with van der Waals surface area (Å²) in [5.41, 5.74) is 1.80. The monoisotopic (exact) mass is 368 g/mol. The highest BCUT2D eigenvalue weighted by atomic mass is 16.5. The summed E-state index contributed by atoms with van der Waals surface area (Å²) in [6, 6.07) is 15.1. The van der Waals surface area contributed by atoms with Gasteiger partial charge in [-0.1, -0.05) is 43.0 Å². The van der Waals surface area contributed by atoms with Crippen molar-refractivity contribution in [3.8, 4) is 0 Å². The Labute approximate surface area is 161 Å². The lowest BCUT2D eigenvalue weighted by molar-refractivity contribution is -0.145. The van der Waals surface area contributed by atoms with Crippen LogP contribution in [-0.4, -0.2) is 45.9 Å². The van der Waals surface area contributed by atoms with Crippen LogP contribution in [0, 0.1) is 0 Å². The Bertz CT molecular complexity index is 776. The molecule has 27 heavy (non-hydrogen) atoms. The van der Waals surface area contributed by atoms with E-state index in [2.05, 4.69) is 6.58 Å². The van der Waals surface area contributed by atoms with Crippen molar-refractivity contribution in [2.24, 2.45) is 0 Å². The van der Waals surface area contributed by atoms with E-state index < -0.39 is 11.6 Å². The van der Waals surface area contributed by atoms with Crippen molar-refractivity contribution in [2.45, 2.75) is 12.5 Å². The fourth-order valence-electron chi connectivity index (χ4n) is 3.02. The zero-order valence-corrected chi connectivity index (χ0v) is 16.7. The topological polar surface area (TPSA) is 53.0 Å². The number of aliphatic hydroxyl groups is 1. The smallest absolute Gasteiger partial charge is 0.333 e. The van der Waals surface area contributed by atoms with Crippen LogP contribution in [0.15, 0.2) is 60.7 Å². The van der Waals surface area contributed by atoms with E-state index in [4.69, 9.17) is 4.74 Å². The number of benzene rings is 2. The lowest BCUT2D eigenvalue weighted by Gasteiger charge is -2.34. The Balaban J connectivity index is 2.67. The lowest BCUT2D eigenvalue weighted by Crippen LogP contribution is -2.37. The van der Waals surface area contributed by atoms with Gasteiger partial charge in [-0.25, -0.2) is 4.79 Å². The van der Waals surface area contributed by atoms with Crippen LogP contribution in [0.25, 0.3) is 0 Å². The molecule has 0 radical (unpaired) electrons. The molecule has 0 aliphatic heterocycles. The highest BCUT2D eigenvalue weighted by molar-refractivity contribution is 5.87. The fourth-order valence-corrected chi connectivity index (χ4v) is 3.02. The second kappa shape index (κ2) is 8.27. The first kappa shape index (κ1) is 20.5. The predicted octanol–water partition coefficient (Wildman–Crippen LogP) is 3.17. The van der Waals surface area contributed by atoms with E-state index in [1.165, 1.54) is 0 Å². The van der Waals surface area contributed by atoms with Crippen molar-refractivity contribution in [2.75, 3.05) is 44.6 Å². The van der Waals surface area contributed by atoms with Gasteiger partial charge in [-0.05, 0) is 19.1 Å². The molecule has 0 aliphatic rings. The minimum Gasteiger partial charge on any atom is -0.459 e. The normalized spacial score (nSPS) is 11.0. The molecule has 0 fully saturated rings. The molecule has 0 saturated heterocycles. The molecular formula is C22H28N2O3. The average Bonchev–Trinajstić information content (AvgIpc) is 2.65. The maximum absolute atomic E-state index is 12.0. The first-order chi connectivity index (χ1) is 12.7. The molecule has 0 atom stereocenters. The summed E-state index contributed by atoms with van der Waals surface area (Å²) in [5.74, 6) is -0.530. The predicted molar refractivity (Wildman–Crippen MR) is 110 cm³/mol. The van der Waals surface area contributed by atoms with Crippen LogP contribution < -0.4 is 9.80 Å². The van der Waals surface area contributed by atoms with Gasteiger partial charge in [0.05, 0.1) is 0 Å². The van der Waals surface area contributed by atoms with Gasteiger partial charge < -0.3 is 19.6 Å². The molecule has 0 unspecified atom stereocenters. The number of ether oxygens (including phenoxy) is 1. The molecule has 0 bridgehead atoms. The van der Waals surface area contributed by atoms with Gasteiger partial charge in [-0.3, -0.25) is 0 Å². The highest BCUT2D eigenvalue weighted by Crippen LogP contribution is 2.40. The van der Waals surface area contributed by atoms with Gasteiger partial charge in [-0.2, -0.15) is 0 Å². The third kappa shape index (κ3) is 4.31. The Hall–Kier alpha value is -2.79. The summed E-state index contributed by atoms with van der Waals surface area (Å²) in [6.07, 6.45) is 0. The van der Waals surface area contributed by atoms with Crippen molar-refractivity contribution in [1.82, 2.24) is 0 Å². The molecule has 0 heterocycles. The molecule has 0 aliphatic carbocycles. The maximum atomic E-state index is 12.0. The van der Waals surface area contributed by atoms with Gasteiger partial charge in [0.1, 0.15) is 6.61 Å². The lowest BCUT2D eigenvalue weighted by atomic mass is 9.84. The molecule has 0 aromatic heterocycles. The maximum Gasteiger partial charge on any atom is 0.333 e. The van der Waals surface area contributed by atoms with Crippen LogP contribution in [0.1, 0.15) is 18.1 Å². The average molecular weight is 368 g/mol. The minimum atomic E-state index is -1.52. The number of rotatable bonds is 7. The van der Waals surface area contributed by atoms with Crippen LogP contribution in [0.5, 0.6) is 0 Å². The van der Waals surface area contributed by atoms with Crippen LogP contribution in [-0.2, 0) is 15.1 Å². The van der Waals surface area contributed by atoms with E-state index in [1.54, 1.807) is 6.92 Å². The van der Waals surface area contributed by atoms with E-state index in [-0.39, 0.29) is 6.61 Å². The van der Waals surface area contributed by atoms with Crippen molar-refractivity contribution >= 4 is 17.3 Å². The molecule has 1 N–H and O–H groups in total. The third-order valence-corrected chi connectivity index (χ3v) is 4.42. The quantitative estimate of drug-likeness (QED) is 0.601. The van der Waals surface area contributed by atoms with Crippen LogP contribution in [0.2, 0.25) is 0 Å². The zero-order valence-electron chi connectivity index (χ0n) is 16.7. The fraction of sp³-hybridized carbons (Fsp3) is 0.318. The van der Waals surface area contributed by atoms with Crippen molar-refractivity contribution < 1.29 is 14.6 Å². The second-order valence-corrected chi connectivity index (χ2v) is 7.04. The number of anilines is 2. The molecule has 2 aromatic rings. The minimum absolute atomic E-state index is 0.214. The molecular weight excluding hydrogens is 340 g/mol. The molecule has 5 heteroatoms. The third-order valence-electron chi connectivity index (χ3n) is 4.42. The van der Waals surface area contributed by atoms with E-state index in [9.17, 15) is 9.90 Å². The molecule has 0 saturated carbocycles. The van der Waals surface area contributed by atoms with Crippen molar-refractivity contribution in [3.63, 3.8) is 0 Å². The van der Waals surface area contributed by atoms with Crippen molar-refractivity contribution in [1.29, 1.82) is 0 Å². The Morgan fingerprint density at radius 1 is 0.963 bits per heavy atom.